The van der Waals surface area contributed by atoms with Gasteiger partial charge < -0.3 is 4.74 Å². The van der Waals surface area contributed by atoms with Crippen LogP contribution in [0.4, 0.5) is 0 Å². The van der Waals surface area contributed by atoms with E-state index in [0.29, 0.717) is 0 Å². The average molecular weight is 328 g/mol. The van der Waals surface area contributed by atoms with E-state index in [1.165, 1.54) is 49.1 Å². The van der Waals surface area contributed by atoms with Crippen molar-refractivity contribution in [2.45, 2.75) is 32.1 Å². The molecular weight excluding hydrogens is 305 g/mol. The number of hydrogen-bond acceptors (Lipinski definition) is 2. The van der Waals surface area contributed by atoms with Gasteiger partial charge in [-0.25, -0.2) is 0 Å². The summed E-state index contributed by atoms with van der Waals surface area (Å²) in [5.74, 6) is 0.970. The summed E-state index contributed by atoms with van der Waals surface area (Å²) in [6.07, 6.45) is 8.54. The van der Waals surface area contributed by atoms with Gasteiger partial charge in [-0.05, 0) is 56.5 Å². The van der Waals surface area contributed by atoms with Crippen LogP contribution in [0, 0.1) is 0 Å². The van der Waals surface area contributed by atoms with Crippen LogP contribution < -0.4 is 4.74 Å². The standard InChI is InChI=1S/C17H22ClNO.ClH/c1-20-17-8-7-16(18)15-11-13(5-6-14(15)17)12-19-9-3-2-4-10-19;/h7-8,11H,2-6,9-10,12H2,1H3;1H. The molecule has 0 aromatic heterocycles. The van der Waals surface area contributed by atoms with Crippen LogP contribution in [0.2, 0.25) is 5.02 Å². The lowest BCUT2D eigenvalue weighted by molar-refractivity contribution is 0.245. The Hall–Kier alpha value is -0.700. The van der Waals surface area contributed by atoms with Crippen molar-refractivity contribution in [2.75, 3.05) is 26.7 Å². The zero-order chi connectivity index (χ0) is 13.9. The Balaban J connectivity index is 0.00000161. The molecule has 1 fully saturated rings. The molecule has 0 atom stereocenters. The fourth-order valence-electron chi connectivity index (χ4n) is 3.31. The summed E-state index contributed by atoms with van der Waals surface area (Å²) < 4.78 is 5.45. The van der Waals surface area contributed by atoms with Crippen LogP contribution in [0.15, 0.2) is 17.7 Å². The van der Waals surface area contributed by atoms with E-state index >= 15 is 0 Å². The van der Waals surface area contributed by atoms with Gasteiger partial charge in [0, 0.05) is 17.1 Å². The summed E-state index contributed by atoms with van der Waals surface area (Å²) in [6, 6.07) is 3.92. The van der Waals surface area contributed by atoms with Crippen LogP contribution >= 0.6 is 24.0 Å². The number of ether oxygens (including phenoxy) is 1. The molecular formula is C17H23Cl2NO. The van der Waals surface area contributed by atoms with E-state index in [-0.39, 0.29) is 12.4 Å². The smallest absolute Gasteiger partial charge is 0.122 e. The molecule has 0 amide bonds. The maximum absolute atomic E-state index is 6.37. The minimum absolute atomic E-state index is 0. The Morgan fingerprint density at radius 1 is 1.14 bits per heavy atom. The molecule has 0 N–H and O–H groups in total. The number of likely N-dealkylation sites (tertiary alicyclic amines) is 1. The van der Waals surface area contributed by atoms with Gasteiger partial charge in [-0.15, -0.1) is 12.4 Å². The van der Waals surface area contributed by atoms with E-state index in [4.69, 9.17) is 16.3 Å². The number of halogens is 2. The third-order valence-electron chi connectivity index (χ3n) is 4.40. The molecule has 2 aliphatic rings. The molecule has 0 unspecified atom stereocenters. The SMILES string of the molecule is COc1ccc(Cl)c2c1CCC(CN1CCCCC1)=C2.Cl. The summed E-state index contributed by atoms with van der Waals surface area (Å²) in [7, 11) is 1.73. The highest BCUT2D eigenvalue weighted by atomic mass is 35.5. The lowest BCUT2D eigenvalue weighted by atomic mass is 9.91. The zero-order valence-electron chi connectivity index (χ0n) is 12.5. The van der Waals surface area contributed by atoms with Gasteiger partial charge >= 0.3 is 0 Å². The largest absolute Gasteiger partial charge is 0.496 e. The molecule has 1 aromatic rings. The summed E-state index contributed by atoms with van der Waals surface area (Å²) >= 11 is 6.37. The van der Waals surface area contributed by atoms with Gasteiger partial charge in [-0.1, -0.05) is 29.7 Å². The van der Waals surface area contributed by atoms with Gasteiger partial charge in [0.25, 0.3) is 0 Å². The van der Waals surface area contributed by atoms with Crippen molar-refractivity contribution in [1.29, 1.82) is 0 Å². The number of methoxy groups -OCH3 is 1. The van der Waals surface area contributed by atoms with Gasteiger partial charge in [-0.3, -0.25) is 4.90 Å². The van der Waals surface area contributed by atoms with Crippen LogP contribution in [-0.4, -0.2) is 31.6 Å². The second-order valence-electron chi connectivity index (χ2n) is 5.78. The molecule has 1 heterocycles. The van der Waals surface area contributed by atoms with E-state index in [0.717, 1.165) is 30.2 Å². The van der Waals surface area contributed by atoms with Crippen molar-refractivity contribution in [1.82, 2.24) is 4.90 Å². The Morgan fingerprint density at radius 3 is 2.62 bits per heavy atom. The van der Waals surface area contributed by atoms with E-state index < -0.39 is 0 Å². The molecule has 1 aliphatic carbocycles. The molecule has 1 saturated heterocycles. The number of fused-ring (bicyclic) bond motifs is 1. The number of nitrogens with zero attached hydrogens (tertiary/aromatic N) is 1. The molecule has 1 aromatic carbocycles. The second-order valence-corrected chi connectivity index (χ2v) is 6.19. The Morgan fingerprint density at radius 2 is 1.90 bits per heavy atom. The lowest BCUT2D eigenvalue weighted by Crippen LogP contribution is -2.31. The van der Waals surface area contributed by atoms with Gasteiger partial charge in [-0.2, -0.15) is 0 Å². The zero-order valence-corrected chi connectivity index (χ0v) is 14.1. The third-order valence-corrected chi connectivity index (χ3v) is 4.73. The van der Waals surface area contributed by atoms with Gasteiger partial charge in [0.15, 0.2) is 0 Å². The first-order valence-corrected chi connectivity index (χ1v) is 7.93. The molecule has 21 heavy (non-hydrogen) atoms. The highest BCUT2D eigenvalue weighted by molar-refractivity contribution is 6.32. The molecule has 1 aliphatic heterocycles. The molecule has 0 saturated carbocycles. The Bertz CT molecular complexity index is 522. The van der Waals surface area contributed by atoms with Gasteiger partial charge in [0.1, 0.15) is 5.75 Å². The molecule has 0 spiro atoms. The Kier molecular flexibility index (Phi) is 5.98. The topological polar surface area (TPSA) is 12.5 Å². The second kappa shape index (κ2) is 7.53. The van der Waals surface area contributed by atoms with Crippen LogP contribution in [0.5, 0.6) is 5.75 Å². The maximum Gasteiger partial charge on any atom is 0.122 e. The average Bonchev–Trinajstić information content (AvgIpc) is 2.49. The maximum atomic E-state index is 6.37. The number of rotatable bonds is 3. The van der Waals surface area contributed by atoms with Crippen molar-refractivity contribution in [3.8, 4) is 5.75 Å². The van der Waals surface area contributed by atoms with Crippen molar-refractivity contribution < 1.29 is 4.74 Å². The van der Waals surface area contributed by atoms with Crippen molar-refractivity contribution in [3.63, 3.8) is 0 Å². The molecule has 4 heteroatoms. The van der Waals surface area contributed by atoms with Crippen molar-refractivity contribution >= 4 is 30.1 Å². The molecule has 3 rings (SSSR count). The fraction of sp³-hybridized carbons (Fsp3) is 0.529. The van der Waals surface area contributed by atoms with Gasteiger partial charge in [0.2, 0.25) is 0 Å². The molecule has 0 bridgehead atoms. The number of piperidine rings is 1. The first kappa shape index (κ1) is 16.7. The minimum Gasteiger partial charge on any atom is -0.496 e. The highest BCUT2D eigenvalue weighted by Crippen LogP contribution is 2.36. The van der Waals surface area contributed by atoms with Crippen LogP contribution in [0.1, 0.15) is 36.8 Å². The van der Waals surface area contributed by atoms with Gasteiger partial charge in [0.05, 0.1) is 7.11 Å². The predicted octanol–water partition coefficient (Wildman–Crippen LogP) is 4.59. The number of hydrogen-bond donors (Lipinski definition) is 0. The lowest BCUT2D eigenvalue weighted by Gasteiger charge is -2.29. The molecule has 0 radical (unpaired) electrons. The predicted molar refractivity (Wildman–Crippen MR) is 91.8 cm³/mol. The van der Waals surface area contributed by atoms with E-state index in [9.17, 15) is 0 Å². The highest BCUT2D eigenvalue weighted by Gasteiger charge is 2.19. The van der Waals surface area contributed by atoms with E-state index in [1.807, 2.05) is 12.1 Å². The fourth-order valence-corrected chi connectivity index (χ4v) is 3.54. The first-order valence-electron chi connectivity index (χ1n) is 7.55. The molecule has 116 valence electrons. The summed E-state index contributed by atoms with van der Waals surface area (Å²) in [6.45, 7) is 3.60. The van der Waals surface area contributed by atoms with Crippen LogP contribution in [0.3, 0.4) is 0 Å². The minimum atomic E-state index is 0. The monoisotopic (exact) mass is 327 g/mol. The van der Waals surface area contributed by atoms with Crippen molar-refractivity contribution in [3.05, 3.63) is 33.9 Å². The summed E-state index contributed by atoms with van der Waals surface area (Å²) in [5.41, 5.74) is 3.95. The summed E-state index contributed by atoms with van der Waals surface area (Å²) in [4.78, 5) is 2.58. The third kappa shape index (κ3) is 3.74. The number of benzene rings is 1. The van der Waals surface area contributed by atoms with Crippen molar-refractivity contribution in [2.24, 2.45) is 0 Å². The van der Waals surface area contributed by atoms with Crippen LogP contribution in [0.25, 0.3) is 6.08 Å². The Labute approximate surface area is 138 Å². The first-order chi connectivity index (χ1) is 9.78. The molecule has 2 nitrogen and oxygen atoms in total. The normalized spacial score (nSPS) is 18.5. The quantitative estimate of drug-likeness (QED) is 0.805. The van der Waals surface area contributed by atoms with Crippen LogP contribution in [-0.2, 0) is 6.42 Å². The van der Waals surface area contributed by atoms with E-state index in [1.54, 1.807) is 7.11 Å². The summed E-state index contributed by atoms with van der Waals surface area (Å²) in [5, 5.41) is 0.844. The van der Waals surface area contributed by atoms with E-state index in [2.05, 4.69) is 11.0 Å².